The Kier molecular flexibility index (Phi) is 7.57. The first-order chi connectivity index (χ1) is 14.8. The molecule has 0 saturated carbocycles. The highest BCUT2D eigenvalue weighted by atomic mass is 19.2. The molecule has 3 amide bonds. The fourth-order valence-electron chi connectivity index (χ4n) is 3.57. The van der Waals surface area contributed by atoms with Crippen LogP contribution < -0.4 is 16.0 Å². The molecule has 1 aliphatic rings. The van der Waals surface area contributed by atoms with Crippen molar-refractivity contribution in [1.29, 1.82) is 0 Å². The van der Waals surface area contributed by atoms with Gasteiger partial charge < -0.3 is 16.0 Å². The van der Waals surface area contributed by atoms with Crippen molar-refractivity contribution in [3.8, 4) is 0 Å². The van der Waals surface area contributed by atoms with Gasteiger partial charge in [-0.05, 0) is 62.6 Å². The molecule has 0 unspecified atom stereocenters. The minimum absolute atomic E-state index is 0.0134. The molecule has 0 aliphatic carbocycles. The van der Waals surface area contributed by atoms with Gasteiger partial charge in [-0.2, -0.15) is 0 Å². The van der Waals surface area contributed by atoms with Crippen LogP contribution in [0.1, 0.15) is 42.6 Å². The summed E-state index contributed by atoms with van der Waals surface area (Å²) in [5, 5.41) is 8.51. The van der Waals surface area contributed by atoms with Gasteiger partial charge in [-0.25, -0.2) is 13.6 Å². The number of carbonyl (C=O) groups excluding carboxylic acids is 2. The first-order valence-corrected chi connectivity index (χ1v) is 10.4. The van der Waals surface area contributed by atoms with Crippen molar-refractivity contribution in [2.24, 2.45) is 0 Å². The van der Waals surface area contributed by atoms with Gasteiger partial charge in [0.1, 0.15) is 0 Å². The Labute approximate surface area is 181 Å². The summed E-state index contributed by atoms with van der Waals surface area (Å²) in [5.41, 5.74) is 1.76. The van der Waals surface area contributed by atoms with E-state index in [1.807, 2.05) is 13.8 Å². The molecular formula is C23H28F2N4O2. The minimum atomic E-state index is -0.843. The fourth-order valence-corrected chi connectivity index (χ4v) is 3.57. The zero-order valence-corrected chi connectivity index (χ0v) is 17.8. The smallest absolute Gasteiger partial charge is 0.319 e. The maximum atomic E-state index is 13.4. The lowest BCUT2D eigenvalue weighted by atomic mass is 10.0. The number of halogens is 2. The van der Waals surface area contributed by atoms with Crippen LogP contribution in [-0.2, 0) is 6.54 Å². The molecule has 8 heteroatoms. The van der Waals surface area contributed by atoms with E-state index in [0.29, 0.717) is 17.8 Å². The maximum Gasteiger partial charge on any atom is 0.319 e. The quantitative estimate of drug-likeness (QED) is 0.651. The SMILES string of the molecule is CC(C)NC(=O)Nc1cccc(C(=O)NC2CCN(Cc3ccc(F)c(F)c3)CC2)c1. The minimum Gasteiger partial charge on any atom is -0.349 e. The Balaban J connectivity index is 1.49. The van der Waals surface area contributed by atoms with Crippen molar-refractivity contribution in [3.05, 3.63) is 65.2 Å². The third-order valence-electron chi connectivity index (χ3n) is 5.12. The van der Waals surface area contributed by atoms with Crippen LogP contribution in [0.5, 0.6) is 0 Å². The van der Waals surface area contributed by atoms with E-state index < -0.39 is 11.6 Å². The number of benzene rings is 2. The van der Waals surface area contributed by atoms with Gasteiger partial charge in [-0.1, -0.05) is 12.1 Å². The van der Waals surface area contributed by atoms with Gasteiger partial charge in [-0.3, -0.25) is 9.69 Å². The van der Waals surface area contributed by atoms with Crippen LogP contribution in [0.2, 0.25) is 0 Å². The van der Waals surface area contributed by atoms with Gasteiger partial charge in [0.25, 0.3) is 5.91 Å². The Bertz CT molecular complexity index is 928. The molecule has 1 fully saturated rings. The summed E-state index contributed by atoms with van der Waals surface area (Å²) in [6, 6.07) is 10.5. The lowest BCUT2D eigenvalue weighted by molar-refractivity contribution is 0.0909. The van der Waals surface area contributed by atoms with Gasteiger partial charge in [0.15, 0.2) is 11.6 Å². The van der Waals surface area contributed by atoms with E-state index in [1.54, 1.807) is 30.3 Å². The highest BCUT2D eigenvalue weighted by molar-refractivity contribution is 5.97. The third kappa shape index (κ3) is 6.75. The van der Waals surface area contributed by atoms with E-state index in [0.717, 1.165) is 37.6 Å². The fraction of sp³-hybridized carbons (Fsp3) is 0.391. The molecule has 0 aromatic heterocycles. The normalized spacial score (nSPS) is 15.0. The summed E-state index contributed by atoms with van der Waals surface area (Å²) in [6.07, 6.45) is 1.54. The molecule has 166 valence electrons. The molecule has 0 bridgehead atoms. The molecule has 2 aromatic carbocycles. The number of nitrogens with one attached hydrogen (secondary N) is 3. The molecule has 0 spiro atoms. The molecule has 3 N–H and O–H groups in total. The Morgan fingerprint density at radius 3 is 2.48 bits per heavy atom. The molecule has 1 aliphatic heterocycles. The molecule has 1 heterocycles. The summed E-state index contributed by atoms with van der Waals surface area (Å²) in [6.45, 7) is 5.78. The average Bonchev–Trinajstić information content (AvgIpc) is 2.72. The summed E-state index contributed by atoms with van der Waals surface area (Å²) in [7, 11) is 0. The molecule has 0 atom stereocenters. The molecule has 3 rings (SSSR count). The topological polar surface area (TPSA) is 73.5 Å². The lowest BCUT2D eigenvalue weighted by Gasteiger charge is -2.32. The second-order valence-corrected chi connectivity index (χ2v) is 8.11. The van der Waals surface area contributed by atoms with E-state index in [-0.39, 0.29) is 24.0 Å². The maximum absolute atomic E-state index is 13.4. The number of carbonyl (C=O) groups is 2. The third-order valence-corrected chi connectivity index (χ3v) is 5.12. The largest absolute Gasteiger partial charge is 0.349 e. The second-order valence-electron chi connectivity index (χ2n) is 8.11. The van der Waals surface area contributed by atoms with Gasteiger partial charge in [-0.15, -0.1) is 0 Å². The molecule has 2 aromatic rings. The summed E-state index contributed by atoms with van der Waals surface area (Å²) >= 11 is 0. The van der Waals surface area contributed by atoms with Gasteiger partial charge in [0.05, 0.1) is 0 Å². The molecule has 6 nitrogen and oxygen atoms in total. The predicted molar refractivity (Wildman–Crippen MR) is 116 cm³/mol. The first-order valence-electron chi connectivity index (χ1n) is 10.4. The van der Waals surface area contributed by atoms with Crippen LogP contribution in [0.3, 0.4) is 0 Å². The predicted octanol–water partition coefficient (Wildman–Crippen LogP) is 3.89. The van der Waals surface area contributed by atoms with E-state index in [9.17, 15) is 18.4 Å². The number of hydrogen-bond acceptors (Lipinski definition) is 3. The number of anilines is 1. The Morgan fingerprint density at radius 1 is 1.06 bits per heavy atom. The molecular weight excluding hydrogens is 402 g/mol. The van der Waals surface area contributed by atoms with Crippen molar-refractivity contribution in [2.45, 2.75) is 45.3 Å². The zero-order chi connectivity index (χ0) is 22.4. The molecule has 1 saturated heterocycles. The van der Waals surface area contributed by atoms with Gasteiger partial charge in [0.2, 0.25) is 0 Å². The standard InChI is InChI=1S/C23H28F2N4O2/c1-15(2)26-23(31)28-19-5-3-4-17(13-19)22(30)27-18-8-10-29(11-9-18)14-16-6-7-20(24)21(25)12-16/h3-7,12-13,15,18H,8-11,14H2,1-2H3,(H,27,30)(H2,26,28,31). The van der Waals surface area contributed by atoms with E-state index >= 15 is 0 Å². The highest BCUT2D eigenvalue weighted by Gasteiger charge is 2.21. The van der Waals surface area contributed by atoms with Crippen LogP contribution in [0, 0.1) is 11.6 Å². The van der Waals surface area contributed by atoms with Crippen LogP contribution in [0.25, 0.3) is 0 Å². The zero-order valence-electron chi connectivity index (χ0n) is 17.8. The lowest BCUT2D eigenvalue weighted by Crippen LogP contribution is -2.44. The Hall–Kier alpha value is -3.00. The van der Waals surface area contributed by atoms with E-state index in [2.05, 4.69) is 20.9 Å². The number of amides is 3. The first kappa shape index (κ1) is 22.7. The van der Waals surface area contributed by atoms with Crippen LogP contribution in [-0.4, -0.2) is 42.0 Å². The molecule has 31 heavy (non-hydrogen) atoms. The number of hydrogen-bond donors (Lipinski definition) is 3. The monoisotopic (exact) mass is 430 g/mol. The van der Waals surface area contributed by atoms with E-state index in [1.165, 1.54) is 6.07 Å². The average molecular weight is 430 g/mol. The number of rotatable bonds is 6. The van der Waals surface area contributed by atoms with E-state index in [4.69, 9.17) is 0 Å². The summed E-state index contributed by atoms with van der Waals surface area (Å²) in [4.78, 5) is 26.7. The number of nitrogens with zero attached hydrogens (tertiary/aromatic N) is 1. The van der Waals surface area contributed by atoms with Crippen molar-refractivity contribution in [3.63, 3.8) is 0 Å². The number of likely N-dealkylation sites (tertiary alicyclic amines) is 1. The van der Waals surface area contributed by atoms with Crippen molar-refractivity contribution in [2.75, 3.05) is 18.4 Å². The Morgan fingerprint density at radius 2 is 1.81 bits per heavy atom. The van der Waals surface area contributed by atoms with Crippen LogP contribution in [0.4, 0.5) is 19.3 Å². The van der Waals surface area contributed by atoms with Gasteiger partial charge in [0, 0.05) is 43.0 Å². The second kappa shape index (κ2) is 10.3. The van der Waals surface area contributed by atoms with Crippen molar-refractivity contribution in [1.82, 2.24) is 15.5 Å². The van der Waals surface area contributed by atoms with Crippen molar-refractivity contribution < 1.29 is 18.4 Å². The van der Waals surface area contributed by atoms with Crippen molar-refractivity contribution >= 4 is 17.6 Å². The van der Waals surface area contributed by atoms with Gasteiger partial charge >= 0.3 is 6.03 Å². The van der Waals surface area contributed by atoms with Crippen LogP contribution in [0.15, 0.2) is 42.5 Å². The number of urea groups is 1. The summed E-state index contributed by atoms with van der Waals surface area (Å²) < 4.78 is 26.5. The summed E-state index contributed by atoms with van der Waals surface area (Å²) in [5.74, 6) is -1.87. The van der Waals surface area contributed by atoms with Crippen LogP contribution >= 0.6 is 0 Å². The molecule has 0 radical (unpaired) electrons. The highest BCUT2D eigenvalue weighted by Crippen LogP contribution is 2.17. The number of piperidine rings is 1.